The molecule has 2 saturated heterocycles. The Morgan fingerprint density at radius 2 is 2.45 bits per heavy atom. The first-order valence-corrected chi connectivity index (χ1v) is 4.37. The van der Waals surface area contributed by atoms with Gasteiger partial charge in [0.1, 0.15) is 0 Å². The van der Waals surface area contributed by atoms with Gasteiger partial charge in [-0.1, -0.05) is 0 Å². The minimum absolute atomic E-state index is 0.486. The van der Waals surface area contributed by atoms with Crippen molar-refractivity contribution in [2.75, 3.05) is 33.3 Å². The average molecular weight is 156 g/mol. The molecule has 0 amide bonds. The Balaban J connectivity index is 1.92. The van der Waals surface area contributed by atoms with Crippen molar-refractivity contribution in [3.63, 3.8) is 0 Å². The highest BCUT2D eigenvalue weighted by Crippen LogP contribution is 2.20. The molecule has 1 N–H and O–H groups in total. The molecule has 3 heteroatoms. The molecule has 11 heavy (non-hydrogen) atoms. The lowest BCUT2D eigenvalue weighted by molar-refractivity contribution is 0.108. The van der Waals surface area contributed by atoms with Crippen molar-refractivity contribution < 1.29 is 4.74 Å². The fourth-order valence-electron chi connectivity index (χ4n) is 2.09. The molecule has 3 nitrogen and oxygen atoms in total. The fourth-order valence-corrected chi connectivity index (χ4v) is 2.09. The molecular weight excluding hydrogens is 140 g/mol. The summed E-state index contributed by atoms with van der Waals surface area (Å²) in [6, 6.07) is 0.744. The Hall–Kier alpha value is -0.120. The molecule has 0 aromatic carbocycles. The molecule has 64 valence electrons. The van der Waals surface area contributed by atoms with E-state index in [1.54, 1.807) is 0 Å². The van der Waals surface area contributed by atoms with Gasteiger partial charge in [-0.25, -0.2) is 0 Å². The first kappa shape index (κ1) is 7.53. The van der Waals surface area contributed by atoms with Gasteiger partial charge >= 0.3 is 0 Å². The van der Waals surface area contributed by atoms with Gasteiger partial charge in [0.2, 0.25) is 0 Å². The van der Waals surface area contributed by atoms with Crippen molar-refractivity contribution >= 4 is 0 Å². The van der Waals surface area contributed by atoms with Crippen LogP contribution in [0.3, 0.4) is 0 Å². The van der Waals surface area contributed by atoms with Gasteiger partial charge in [0.05, 0.1) is 6.10 Å². The van der Waals surface area contributed by atoms with Crippen molar-refractivity contribution in [2.24, 2.45) is 0 Å². The van der Waals surface area contributed by atoms with Crippen LogP contribution in [0.5, 0.6) is 0 Å². The number of ether oxygens (including phenoxy) is 1. The standard InChI is InChI=1S/C8H16N2O/c1-11-8-4-7-5-9-2-3-10(7)6-8/h7-9H,2-6H2,1H3/t7-,8?/m0/s1. The van der Waals surface area contributed by atoms with E-state index in [2.05, 4.69) is 10.2 Å². The molecule has 2 atom stereocenters. The normalized spacial score (nSPS) is 39.0. The van der Waals surface area contributed by atoms with Gasteiger partial charge in [0.15, 0.2) is 0 Å². The largest absolute Gasteiger partial charge is 0.380 e. The van der Waals surface area contributed by atoms with E-state index in [9.17, 15) is 0 Å². The third-order valence-electron chi connectivity index (χ3n) is 2.78. The lowest BCUT2D eigenvalue weighted by atomic mass is 10.2. The van der Waals surface area contributed by atoms with Crippen LogP contribution in [0.25, 0.3) is 0 Å². The van der Waals surface area contributed by atoms with Crippen LogP contribution in [0, 0.1) is 0 Å². The molecule has 1 unspecified atom stereocenters. The first-order chi connectivity index (χ1) is 5.40. The maximum absolute atomic E-state index is 5.33. The predicted octanol–water partition coefficient (Wildman–Crippen LogP) is -0.321. The number of nitrogens with one attached hydrogen (secondary N) is 1. The summed E-state index contributed by atoms with van der Waals surface area (Å²) in [6.07, 6.45) is 1.70. The Kier molecular flexibility index (Phi) is 2.11. The van der Waals surface area contributed by atoms with Gasteiger partial charge in [-0.15, -0.1) is 0 Å². The minimum Gasteiger partial charge on any atom is -0.380 e. The van der Waals surface area contributed by atoms with Gasteiger partial charge in [-0.2, -0.15) is 0 Å². The van der Waals surface area contributed by atoms with Crippen LogP contribution in [0.1, 0.15) is 6.42 Å². The number of piperazine rings is 1. The summed E-state index contributed by atoms with van der Waals surface area (Å²) in [4.78, 5) is 2.53. The highest BCUT2D eigenvalue weighted by atomic mass is 16.5. The summed E-state index contributed by atoms with van der Waals surface area (Å²) in [7, 11) is 1.82. The van der Waals surface area contributed by atoms with Crippen molar-refractivity contribution in [3.05, 3.63) is 0 Å². The lowest BCUT2D eigenvalue weighted by Crippen LogP contribution is -2.47. The molecule has 2 fully saturated rings. The second-order valence-corrected chi connectivity index (χ2v) is 3.45. The van der Waals surface area contributed by atoms with E-state index in [1.807, 2.05) is 7.11 Å². The fraction of sp³-hybridized carbons (Fsp3) is 1.00. The highest BCUT2D eigenvalue weighted by Gasteiger charge is 2.33. The highest BCUT2D eigenvalue weighted by molar-refractivity contribution is 4.90. The van der Waals surface area contributed by atoms with Gasteiger partial charge < -0.3 is 10.1 Å². The number of methoxy groups -OCH3 is 1. The Labute approximate surface area is 67.7 Å². The third-order valence-corrected chi connectivity index (χ3v) is 2.78. The summed E-state index contributed by atoms with van der Waals surface area (Å²) >= 11 is 0. The van der Waals surface area contributed by atoms with Crippen molar-refractivity contribution in [1.29, 1.82) is 0 Å². The molecule has 0 bridgehead atoms. The minimum atomic E-state index is 0.486. The van der Waals surface area contributed by atoms with E-state index < -0.39 is 0 Å². The molecule has 2 aliphatic rings. The van der Waals surface area contributed by atoms with Crippen molar-refractivity contribution in [1.82, 2.24) is 10.2 Å². The van der Waals surface area contributed by atoms with E-state index in [1.165, 1.54) is 13.0 Å². The third kappa shape index (κ3) is 1.41. The summed E-state index contributed by atoms with van der Waals surface area (Å²) in [6.45, 7) is 4.64. The number of nitrogens with zero attached hydrogens (tertiary/aromatic N) is 1. The molecule has 0 spiro atoms. The summed E-state index contributed by atoms with van der Waals surface area (Å²) in [5, 5.41) is 3.40. The zero-order valence-corrected chi connectivity index (χ0v) is 7.05. The van der Waals surface area contributed by atoms with E-state index in [4.69, 9.17) is 4.74 Å². The molecule has 0 aromatic heterocycles. The van der Waals surface area contributed by atoms with Crippen molar-refractivity contribution in [2.45, 2.75) is 18.6 Å². The monoisotopic (exact) mass is 156 g/mol. The first-order valence-electron chi connectivity index (χ1n) is 4.37. The topological polar surface area (TPSA) is 24.5 Å². The quantitative estimate of drug-likeness (QED) is 0.563. The van der Waals surface area contributed by atoms with Gasteiger partial charge in [0, 0.05) is 39.3 Å². The van der Waals surface area contributed by atoms with Crippen LogP contribution in [-0.2, 0) is 4.74 Å². The SMILES string of the molecule is COC1C[C@H]2CNCCN2C1. The average Bonchev–Trinajstić information content (AvgIpc) is 2.46. The summed E-state index contributed by atoms with van der Waals surface area (Å²) < 4.78 is 5.33. The van der Waals surface area contributed by atoms with Crippen LogP contribution >= 0.6 is 0 Å². The second kappa shape index (κ2) is 3.09. The Bertz CT molecular complexity index is 126. The zero-order valence-electron chi connectivity index (χ0n) is 7.05. The number of hydrogen-bond acceptors (Lipinski definition) is 3. The smallest absolute Gasteiger partial charge is 0.0713 e. The second-order valence-electron chi connectivity index (χ2n) is 3.45. The van der Waals surface area contributed by atoms with E-state index in [0.29, 0.717) is 6.10 Å². The number of fused-ring (bicyclic) bond motifs is 1. The molecular formula is C8H16N2O. The lowest BCUT2D eigenvalue weighted by Gasteiger charge is -2.29. The Morgan fingerprint density at radius 1 is 1.55 bits per heavy atom. The van der Waals surface area contributed by atoms with E-state index in [0.717, 1.165) is 25.7 Å². The molecule has 0 radical (unpaired) electrons. The number of rotatable bonds is 1. The predicted molar refractivity (Wildman–Crippen MR) is 43.6 cm³/mol. The Morgan fingerprint density at radius 3 is 3.18 bits per heavy atom. The van der Waals surface area contributed by atoms with E-state index in [-0.39, 0.29) is 0 Å². The zero-order chi connectivity index (χ0) is 7.68. The van der Waals surface area contributed by atoms with Crippen LogP contribution < -0.4 is 5.32 Å². The molecule has 2 heterocycles. The van der Waals surface area contributed by atoms with Gasteiger partial charge in [0.25, 0.3) is 0 Å². The van der Waals surface area contributed by atoms with E-state index >= 15 is 0 Å². The molecule has 2 rings (SSSR count). The molecule has 0 aromatic rings. The van der Waals surface area contributed by atoms with Gasteiger partial charge in [-0.05, 0) is 6.42 Å². The maximum atomic E-state index is 5.33. The van der Waals surface area contributed by atoms with Crippen LogP contribution in [0.2, 0.25) is 0 Å². The van der Waals surface area contributed by atoms with Crippen molar-refractivity contribution in [3.8, 4) is 0 Å². The van der Waals surface area contributed by atoms with Crippen LogP contribution in [-0.4, -0.2) is 50.3 Å². The summed E-state index contributed by atoms with van der Waals surface area (Å²) in [5.74, 6) is 0. The number of hydrogen-bond donors (Lipinski definition) is 1. The van der Waals surface area contributed by atoms with Crippen LogP contribution in [0.15, 0.2) is 0 Å². The van der Waals surface area contributed by atoms with Crippen LogP contribution in [0.4, 0.5) is 0 Å². The maximum Gasteiger partial charge on any atom is 0.0713 e. The summed E-state index contributed by atoms with van der Waals surface area (Å²) in [5.41, 5.74) is 0. The molecule has 2 aliphatic heterocycles. The van der Waals surface area contributed by atoms with Gasteiger partial charge in [-0.3, -0.25) is 4.90 Å². The molecule has 0 saturated carbocycles. The molecule has 0 aliphatic carbocycles.